The maximum Gasteiger partial charge on any atom is 0.206 e. The van der Waals surface area contributed by atoms with Crippen LogP contribution in [0.2, 0.25) is 0 Å². The minimum atomic E-state index is -0.225. The van der Waals surface area contributed by atoms with E-state index in [1.165, 1.54) is 11.8 Å². The highest BCUT2D eigenvalue weighted by Gasteiger charge is 2.27. The minimum Gasteiger partial charge on any atom is -0.365 e. The zero-order chi connectivity index (χ0) is 16.7. The van der Waals surface area contributed by atoms with Crippen LogP contribution in [0.1, 0.15) is 6.92 Å². The van der Waals surface area contributed by atoms with Gasteiger partial charge >= 0.3 is 0 Å². The van der Waals surface area contributed by atoms with Gasteiger partial charge in [-0.2, -0.15) is 0 Å². The fourth-order valence-electron chi connectivity index (χ4n) is 3.55. The van der Waals surface area contributed by atoms with Gasteiger partial charge in [-0.15, -0.1) is 0 Å². The lowest BCUT2D eigenvalue weighted by Crippen LogP contribution is -2.52. The summed E-state index contributed by atoms with van der Waals surface area (Å²) < 4.78 is 16.0. The van der Waals surface area contributed by atoms with Crippen molar-refractivity contribution in [3.05, 3.63) is 48.5 Å². The van der Waals surface area contributed by atoms with Crippen molar-refractivity contribution < 1.29 is 4.39 Å². The molecule has 3 heterocycles. The summed E-state index contributed by atoms with van der Waals surface area (Å²) in [6.45, 7) is 4.80. The van der Waals surface area contributed by atoms with Crippen molar-refractivity contribution in [3.63, 3.8) is 0 Å². The Morgan fingerprint density at radius 3 is 2.62 bits per heavy atom. The number of pyridine rings is 1. The van der Waals surface area contributed by atoms with E-state index >= 15 is 0 Å². The highest BCUT2D eigenvalue weighted by Crippen LogP contribution is 2.27. The van der Waals surface area contributed by atoms with Crippen LogP contribution in [0.25, 0.3) is 11.0 Å². The number of nitrogens with zero attached hydrogens (tertiary/aromatic N) is 5. The average molecular weight is 325 g/mol. The number of para-hydroxylation sites is 1. The molecule has 0 amide bonds. The lowest BCUT2D eigenvalue weighted by molar-refractivity contribution is 0.539. The summed E-state index contributed by atoms with van der Waals surface area (Å²) in [5.74, 6) is 0.605. The Morgan fingerprint density at radius 1 is 1.12 bits per heavy atom. The number of hydrogen-bond acceptors (Lipinski definition) is 4. The molecule has 1 fully saturated rings. The van der Waals surface area contributed by atoms with E-state index in [1.54, 1.807) is 6.07 Å². The number of imidazole rings is 1. The zero-order valence-electron chi connectivity index (χ0n) is 13.9. The largest absolute Gasteiger partial charge is 0.365 e. The van der Waals surface area contributed by atoms with E-state index in [2.05, 4.69) is 26.7 Å². The predicted molar refractivity (Wildman–Crippen MR) is 93.9 cm³/mol. The van der Waals surface area contributed by atoms with E-state index in [0.717, 1.165) is 25.6 Å². The molecular weight excluding hydrogens is 305 g/mol. The summed E-state index contributed by atoms with van der Waals surface area (Å²) in [4.78, 5) is 13.3. The molecule has 0 bridgehead atoms. The van der Waals surface area contributed by atoms with Gasteiger partial charge in [-0.05, 0) is 31.2 Å². The molecule has 1 saturated heterocycles. The lowest BCUT2D eigenvalue weighted by atomic mass is 10.1. The van der Waals surface area contributed by atoms with E-state index < -0.39 is 0 Å². The fourth-order valence-corrected chi connectivity index (χ4v) is 3.55. The molecule has 0 aliphatic carbocycles. The fraction of sp³-hybridized carbons (Fsp3) is 0.333. The quantitative estimate of drug-likeness (QED) is 0.726. The summed E-state index contributed by atoms with van der Waals surface area (Å²) in [6.07, 6.45) is 3.64. The van der Waals surface area contributed by atoms with Gasteiger partial charge in [-0.25, -0.2) is 9.37 Å². The summed E-state index contributed by atoms with van der Waals surface area (Å²) in [5, 5.41) is 0. The van der Waals surface area contributed by atoms with E-state index in [0.29, 0.717) is 17.1 Å². The minimum absolute atomic E-state index is 0.225. The number of benzene rings is 1. The van der Waals surface area contributed by atoms with Crippen LogP contribution >= 0.6 is 0 Å². The third-order valence-electron chi connectivity index (χ3n) is 4.73. The monoisotopic (exact) mass is 325 g/mol. The van der Waals surface area contributed by atoms with Crippen LogP contribution in [0.5, 0.6) is 0 Å². The van der Waals surface area contributed by atoms with Crippen LogP contribution in [0.15, 0.2) is 42.7 Å². The highest BCUT2D eigenvalue weighted by atomic mass is 19.1. The first-order chi connectivity index (χ1) is 11.6. The molecule has 0 N–H and O–H groups in total. The Morgan fingerprint density at radius 2 is 1.92 bits per heavy atom. The van der Waals surface area contributed by atoms with Crippen molar-refractivity contribution in [2.75, 3.05) is 29.4 Å². The van der Waals surface area contributed by atoms with Crippen LogP contribution in [0.4, 0.5) is 16.0 Å². The molecule has 6 heteroatoms. The molecule has 5 nitrogen and oxygen atoms in total. The van der Waals surface area contributed by atoms with Crippen molar-refractivity contribution in [2.24, 2.45) is 7.05 Å². The molecule has 1 unspecified atom stereocenters. The van der Waals surface area contributed by atoms with E-state index in [1.807, 2.05) is 42.2 Å². The van der Waals surface area contributed by atoms with Gasteiger partial charge in [-0.3, -0.25) is 4.98 Å². The molecule has 1 aromatic carbocycles. The third-order valence-corrected chi connectivity index (χ3v) is 4.73. The molecule has 1 aliphatic rings. The number of anilines is 2. The number of piperazine rings is 1. The first-order valence-corrected chi connectivity index (χ1v) is 8.17. The van der Waals surface area contributed by atoms with Crippen LogP contribution in [0.3, 0.4) is 0 Å². The Balaban J connectivity index is 1.62. The highest BCUT2D eigenvalue weighted by molar-refractivity contribution is 5.79. The summed E-state index contributed by atoms with van der Waals surface area (Å²) in [7, 11) is 1.88. The number of aryl methyl sites for hydroxylation is 1. The van der Waals surface area contributed by atoms with Gasteiger partial charge in [0.15, 0.2) is 0 Å². The van der Waals surface area contributed by atoms with Crippen LogP contribution in [-0.2, 0) is 7.05 Å². The second kappa shape index (κ2) is 5.78. The second-order valence-electron chi connectivity index (χ2n) is 6.27. The number of hydrogen-bond donors (Lipinski definition) is 0. The second-order valence-corrected chi connectivity index (χ2v) is 6.27. The van der Waals surface area contributed by atoms with Crippen LogP contribution in [-0.4, -0.2) is 40.2 Å². The van der Waals surface area contributed by atoms with Crippen LogP contribution < -0.4 is 9.80 Å². The van der Waals surface area contributed by atoms with Crippen molar-refractivity contribution >= 4 is 22.7 Å². The van der Waals surface area contributed by atoms with E-state index in [4.69, 9.17) is 0 Å². The summed E-state index contributed by atoms with van der Waals surface area (Å²) >= 11 is 0. The number of fused-ring (bicyclic) bond motifs is 1. The molecule has 0 radical (unpaired) electrons. The Labute approximate surface area is 140 Å². The number of halogens is 1. The van der Waals surface area contributed by atoms with Gasteiger partial charge in [0, 0.05) is 50.8 Å². The maximum absolute atomic E-state index is 14.1. The topological polar surface area (TPSA) is 37.2 Å². The smallest absolute Gasteiger partial charge is 0.206 e. The third kappa shape index (κ3) is 2.38. The van der Waals surface area contributed by atoms with Crippen LogP contribution in [0, 0.1) is 5.82 Å². The first-order valence-electron chi connectivity index (χ1n) is 8.17. The van der Waals surface area contributed by atoms with Crippen molar-refractivity contribution in [1.82, 2.24) is 14.5 Å². The molecule has 24 heavy (non-hydrogen) atoms. The summed E-state index contributed by atoms with van der Waals surface area (Å²) in [5.41, 5.74) is 2.46. The average Bonchev–Trinajstić information content (AvgIpc) is 2.94. The SMILES string of the molecule is CC1CN(c2nc3cccc(F)c3n2C)CCN1c1ccncc1. The standard InChI is InChI=1S/C18H20FN5/c1-13-12-23(10-11-24(13)14-6-8-20-9-7-14)18-21-16-5-3-4-15(19)17(16)22(18)2/h3-9,13H,10-12H2,1-2H3. The van der Waals surface area contributed by atoms with Gasteiger partial charge in [0.25, 0.3) is 0 Å². The van der Waals surface area contributed by atoms with E-state index in [9.17, 15) is 4.39 Å². The van der Waals surface area contributed by atoms with Gasteiger partial charge in [-0.1, -0.05) is 6.07 Å². The molecule has 3 aromatic rings. The maximum atomic E-state index is 14.1. The van der Waals surface area contributed by atoms with Crippen molar-refractivity contribution in [1.29, 1.82) is 0 Å². The first kappa shape index (κ1) is 14.9. The number of rotatable bonds is 2. The Hall–Kier alpha value is -2.63. The van der Waals surface area contributed by atoms with E-state index in [-0.39, 0.29) is 5.82 Å². The number of aromatic nitrogens is 3. The Bertz CT molecular complexity index is 860. The molecular formula is C18H20FN5. The molecule has 0 saturated carbocycles. The van der Waals surface area contributed by atoms with Gasteiger partial charge in [0.1, 0.15) is 11.3 Å². The molecule has 2 aromatic heterocycles. The normalized spacial score (nSPS) is 18.4. The Kier molecular flexibility index (Phi) is 3.59. The van der Waals surface area contributed by atoms with Gasteiger partial charge < -0.3 is 14.4 Å². The molecule has 4 rings (SSSR count). The van der Waals surface area contributed by atoms with Gasteiger partial charge in [0.2, 0.25) is 5.95 Å². The molecule has 124 valence electrons. The van der Waals surface area contributed by atoms with Gasteiger partial charge in [0.05, 0.1) is 5.52 Å². The molecule has 1 atom stereocenters. The lowest BCUT2D eigenvalue weighted by Gasteiger charge is -2.41. The molecule has 0 spiro atoms. The zero-order valence-corrected chi connectivity index (χ0v) is 13.9. The van der Waals surface area contributed by atoms with Crippen molar-refractivity contribution in [3.8, 4) is 0 Å². The van der Waals surface area contributed by atoms with Crippen molar-refractivity contribution in [2.45, 2.75) is 13.0 Å². The predicted octanol–water partition coefficient (Wildman–Crippen LogP) is 2.82. The molecule has 1 aliphatic heterocycles. The summed E-state index contributed by atoms with van der Waals surface area (Å²) in [6, 6.07) is 9.47.